The quantitative estimate of drug-likeness (QED) is 0.371. The van der Waals surface area contributed by atoms with Gasteiger partial charge < -0.3 is 4.74 Å². The average molecular weight is 309 g/mol. The lowest BCUT2D eigenvalue weighted by molar-refractivity contribution is -0.386. The van der Waals surface area contributed by atoms with Gasteiger partial charge in [0.25, 0.3) is 0 Å². The largest absolute Gasteiger partial charge is 0.490 e. The minimum Gasteiger partial charge on any atom is -0.490 e. The van der Waals surface area contributed by atoms with E-state index in [2.05, 4.69) is 15.9 Å². The van der Waals surface area contributed by atoms with E-state index in [0.717, 1.165) is 0 Å². The first-order valence-corrected chi connectivity index (χ1v) is 5.45. The van der Waals surface area contributed by atoms with Crippen molar-refractivity contribution in [3.05, 3.63) is 32.3 Å². The molecule has 1 aromatic rings. The lowest BCUT2D eigenvalue weighted by atomic mass is 10.1. The molecule has 5 nitrogen and oxygen atoms in total. The van der Waals surface area contributed by atoms with E-state index in [1.54, 1.807) is 0 Å². The third-order valence-corrected chi connectivity index (χ3v) is 2.56. The summed E-state index contributed by atoms with van der Waals surface area (Å²) in [6.07, 6.45) is 0. The monoisotopic (exact) mass is 307 g/mol. The van der Waals surface area contributed by atoms with Crippen LogP contribution in [0.25, 0.3) is 0 Å². The van der Waals surface area contributed by atoms with Gasteiger partial charge >= 0.3 is 5.69 Å². The number of nitro groups is 1. The Hall–Kier alpha value is -1.14. The summed E-state index contributed by atoms with van der Waals surface area (Å²) in [6, 6.07) is 2.77. The summed E-state index contributed by atoms with van der Waals surface area (Å²) in [7, 11) is 1.30. The number of alkyl halides is 1. The molecule has 0 heterocycles. The highest BCUT2D eigenvalue weighted by molar-refractivity contribution is 9.10. The second-order valence-electron chi connectivity index (χ2n) is 2.82. The van der Waals surface area contributed by atoms with Gasteiger partial charge in [0, 0.05) is 10.5 Å². The standard InChI is InChI=1S/C9H7BrClNO4/c1-16-8-3-5(10)2-6(7(13)4-11)9(8)12(14)15/h2-3H,4H2,1H3. The molecule has 0 aromatic heterocycles. The first kappa shape index (κ1) is 12.9. The number of ether oxygens (including phenoxy) is 1. The molecule has 1 rings (SSSR count). The third kappa shape index (κ3) is 2.51. The molecule has 0 unspecified atom stereocenters. The molecule has 0 N–H and O–H groups in total. The lowest BCUT2D eigenvalue weighted by Gasteiger charge is -2.06. The highest BCUT2D eigenvalue weighted by Crippen LogP contribution is 2.34. The Morgan fingerprint density at radius 2 is 2.25 bits per heavy atom. The summed E-state index contributed by atoms with van der Waals surface area (Å²) in [5.74, 6) is -0.818. The number of Topliss-reactive ketones (excluding diaryl/α,β-unsaturated/α-hetero) is 1. The van der Waals surface area contributed by atoms with Crippen molar-refractivity contribution in [1.82, 2.24) is 0 Å². The fourth-order valence-corrected chi connectivity index (χ4v) is 1.78. The van der Waals surface area contributed by atoms with Crippen LogP contribution in [0, 0.1) is 10.1 Å². The van der Waals surface area contributed by atoms with E-state index in [1.165, 1.54) is 19.2 Å². The summed E-state index contributed by atoms with van der Waals surface area (Å²) < 4.78 is 5.37. The van der Waals surface area contributed by atoms with Crippen molar-refractivity contribution in [2.45, 2.75) is 0 Å². The summed E-state index contributed by atoms with van der Waals surface area (Å²) in [6.45, 7) is 0. The van der Waals surface area contributed by atoms with Crippen LogP contribution in [-0.4, -0.2) is 23.7 Å². The number of halogens is 2. The molecular formula is C9H7BrClNO4. The van der Waals surface area contributed by atoms with Crippen molar-refractivity contribution in [2.75, 3.05) is 13.0 Å². The van der Waals surface area contributed by atoms with Gasteiger partial charge in [-0.2, -0.15) is 0 Å². The second kappa shape index (κ2) is 5.27. The van der Waals surface area contributed by atoms with Crippen LogP contribution in [0.15, 0.2) is 16.6 Å². The van der Waals surface area contributed by atoms with Gasteiger partial charge in [-0.15, -0.1) is 11.6 Å². The molecule has 0 aliphatic heterocycles. The van der Waals surface area contributed by atoms with Crippen LogP contribution in [0.5, 0.6) is 5.75 Å². The minimum atomic E-state index is -0.662. The molecule has 0 amide bonds. The Kier molecular flexibility index (Phi) is 4.26. The molecule has 0 saturated carbocycles. The lowest BCUT2D eigenvalue weighted by Crippen LogP contribution is -2.06. The molecule has 16 heavy (non-hydrogen) atoms. The Bertz CT molecular complexity index is 449. The molecule has 0 aliphatic carbocycles. The van der Waals surface area contributed by atoms with Gasteiger partial charge in [-0.05, 0) is 6.07 Å². The highest BCUT2D eigenvalue weighted by atomic mass is 79.9. The van der Waals surface area contributed by atoms with Gasteiger partial charge in [0.2, 0.25) is 0 Å². The van der Waals surface area contributed by atoms with Crippen LogP contribution in [0.3, 0.4) is 0 Å². The molecule has 0 bridgehead atoms. The molecule has 86 valence electrons. The Labute approximate surface area is 105 Å². The zero-order valence-electron chi connectivity index (χ0n) is 8.20. The van der Waals surface area contributed by atoms with Crippen molar-refractivity contribution in [3.63, 3.8) is 0 Å². The third-order valence-electron chi connectivity index (χ3n) is 1.86. The van der Waals surface area contributed by atoms with Gasteiger partial charge in [-0.1, -0.05) is 15.9 Å². The maximum absolute atomic E-state index is 11.4. The van der Waals surface area contributed by atoms with E-state index in [1.807, 2.05) is 0 Å². The molecule has 0 atom stereocenters. The average Bonchev–Trinajstić information content (AvgIpc) is 2.26. The van der Waals surface area contributed by atoms with Crippen molar-refractivity contribution < 1.29 is 14.5 Å². The topological polar surface area (TPSA) is 69.4 Å². The van der Waals surface area contributed by atoms with Gasteiger partial charge in [0.15, 0.2) is 11.5 Å². The van der Waals surface area contributed by atoms with Crippen molar-refractivity contribution in [2.24, 2.45) is 0 Å². The zero-order chi connectivity index (χ0) is 12.3. The van der Waals surface area contributed by atoms with Crippen LogP contribution < -0.4 is 4.74 Å². The normalized spacial score (nSPS) is 9.94. The van der Waals surface area contributed by atoms with E-state index in [0.29, 0.717) is 4.47 Å². The number of carbonyl (C=O) groups excluding carboxylic acids is 1. The maximum atomic E-state index is 11.4. The molecular weight excluding hydrogens is 301 g/mol. The number of methoxy groups -OCH3 is 1. The predicted molar refractivity (Wildman–Crippen MR) is 62.4 cm³/mol. The number of ketones is 1. The first-order valence-electron chi connectivity index (χ1n) is 4.12. The molecule has 0 radical (unpaired) electrons. The minimum absolute atomic E-state index is 0.0211. The summed E-state index contributed by atoms with van der Waals surface area (Å²) in [4.78, 5) is 21.6. The van der Waals surface area contributed by atoms with E-state index >= 15 is 0 Å². The molecule has 7 heteroatoms. The smallest absolute Gasteiger partial charge is 0.321 e. The number of nitrogens with zero attached hydrogens (tertiary/aromatic N) is 1. The van der Waals surface area contributed by atoms with Crippen LogP contribution >= 0.6 is 27.5 Å². The van der Waals surface area contributed by atoms with Crippen LogP contribution in [-0.2, 0) is 0 Å². The molecule has 0 saturated heterocycles. The van der Waals surface area contributed by atoms with Gasteiger partial charge in [0.05, 0.1) is 17.9 Å². The molecule has 0 fully saturated rings. The van der Waals surface area contributed by atoms with Gasteiger partial charge in [0.1, 0.15) is 5.56 Å². The molecule has 0 spiro atoms. The summed E-state index contributed by atoms with van der Waals surface area (Å²) in [5.41, 5.74) is -0.428. The van der Waals surface area contributed by atoms with Crippen LogP contribution in [0.2, 0.25) is 0 Å². The Balaban J connectivity index is 3.50. The SMILES string of the molecule is COc1cc(Br)cc(C(=O)CCl)c1[N+](=O)[O-]. The van der Waals surface area contributed by atoms with Crippen molar-refractivity contribution in [1.29, 1.82) is 0 Å². The molecule has 0 aliphatic rings. The second-order valence-corrected chi connectivity index (χ2v) is 4.00. The summed E-state index contributed by atoms with van der Waals surface area (Å²) >= 11 is 8.52. The van der Waals surface area contributed by atoms with Crippen LogP contribution in [0.1, 0.15) is 10.4 Å². The maximum Gasteiger partial charge on any atom is 0.321 e. The van der Waals surface area contributed by atoms with Gasteiger partial charge in [-0.3, -0.25) is 14.9 Å². The van der Waals surface area contributed by atoms with E-state index < -0.39 is 10.7 Å². The number of hydrogen-bond donors (Lipinski definition) is 0. The predicted octanol–water partition coefficient (Wildman–Crippen LogP) is 2.79. The first-order chi connectivity index (χ1) is 7.51. The highest BCUT2D eigenvalue weighted by Gasteiger charge is 2.25. The van der Waals surface area contributed by atoms with E-state index in [4.69, 9.17) is 16.3 Å². The molecule has 1 aromatic carbocycles. The number of carbonyl (C=O) groups is 1. The van der Waals surface area contributed by atoms with Gasteiger partial charge in [-0.25, -0.2) is 0 Å². The van der Waals surface area contributed by atoms with Crippen molar-refractivity contribution in [3.8, 4) is 5.75 Å². The number of benzene rings is 1. The van der Waals surface area contributed by atoms with E-state index in [-0.39, 0.29) is 22.9 Å². The zero-order valence-corrected chi connectivity index (χ0v) is 10.5. The Morgan fingerprint density at radius 3 is 2.69 bits per heavy atom. The van der Waals surface area contributed by atoms with Crippen molar-refractivity contribution >= 4 is 39.0 Å². The fourth-order valence-electron chi connectivity index (χ4n) is 1.20. The van der Waals surface area contributed by atoms with E-state index in [9.17, 15) is 14.9 Å². The van der Waals surface area contributed by atoms with Crippen LogP contribution in [0.4, 0.5) is 5.69 Å². The number of rotatable bonds is 4. The summed E-state index contributed by atoms with van der Waals surface area (Å²) in [5, 5.41) is 10.8. The number of nitro benzene ring substituents is 1. The fraction of sp³-hybridized carbons (Fsp3) is 0.222. The number of hydrogen-bond acceptors (Lipinski definition) is 4. The Morgan fingerprint density at radius 1 is 1.62 bits per heavy atom.